The maximum absolute atomic E-state index is 13.0. The normalized spacial score (nSPS) is 16.4. The van der Waals surface area contributed by atoms with Crippen LogP contribution in [-0.4, -0.2) is 28.9 Å². The summed E-state index contributed by atoms with van der Waals surface area (Å²) < 4.78 is 5.75. The molecule has 1 aliphatic heterocycles. The molecule has 0 radical (unpaired) electrons. The van der Waals surface area contributed by atoms with Gasteiger partial charge in [0, 0.05) is 35.2 Å². The standard InChI is InChI=1S/C25H26N4O3/c1-17-14-21-7-3-4-8-23(21)29(17)25(30)18(2)32-28-24(26)20-9-11-22(12-10-20)31-16-19-6-5-13-27-15-19/h3-13,15,17-18H,14,16H2,1-2H3,(H2,26,28). The molecule has 3 aromatic rings. The number of amides is 1. The van der Waals surface area contributed by atoms with Crippen LogP contribution in [0.5, 0.6) is 5.75 Å². The molecule has 0 saturated carbocycles. The third-order valence-electron chi connectivity index (χ3n) is 5.38. The molecule has 0 aliphatic carbocycles. The summed E-state index contributed by atoms with van der Waals surface area (Å²) in [6.45, 7) is 4.14. The molecular formula is C25H26N4O3. The van der Waals surface area contributed by atoms with Gasteiger partial charge in [-0.3, -0.25) is 9.78 Å². The lowest BCUT2D eigenvalue weighted by Crippen LogP contribution is -2.42. The van der Waals surface area contributed by atoms with Crippen LogP contribution in [0, 0.1) is 0 Å². The minimum atomic E-state index is -0.760. The van der Waals surface area contributed by atoms with Crippen molar-refractivity contribution in [2.24, 2.45) is 10.9 Å². The molecule has 0 spiro atoms. The van der Waals surface area contributed by atoms with Gasteiger partial charge in [0.2, 0.25) is 6.10 Å². The molecule has 4 rings (SSSR count). The maximum atomic E-state index is 13.0. The molecule has 2 aromatic carbocycles. The third-order valence-corrected chi connectivity index (χ3v) is 5.38. The molecule has 164 valence electrons. The number of hydrogen-bond acceptors (Lipinski definition) is 5. The fourth-order valence-electron chi connectivity index (χ4n) is 3.70. The van der Waals surface area contributed by atoms with E-state index in [0.29, 0.717) is 17.9 Å². The summed E-state index contributed by atoms with van der Waals surface area (Å²) in [6, 6.07) is 19.0. The largest absolute Gasteiger partial charge is 0.489 e. The number of fused-ring (bicyclic) bond motifs is 1. The first-order chi connectivity index (χ1) is 15.5. The van der Waals surface area contributed by atoms with Gasteiger partial charge in [0.25, 0.3) is 5.91 Å². The number of nitrogens with zero attached hydrogens (tertiary/aromatic N) is 3. The van der Waals surface area contributed by atoms with Gasteiger partial charge in [-0.05, 0) is 62.2 Å². The van der Waals surface area contributed by atoms with Crippen LogP contribution in [0.15, 0.2) is 78.2 Å². The van der Waals surface area contributed by atoms with Crippen molar-refractivity contribution >= 4 is 17.4 Å². The Hall–Kier alpha value is -3.87. The van der Waals surface area contributed by atoms with Crippen LogP contribution in [0.1, 0.15) is 30.5 Å². The molecule has 2 atom stereocenters. The van der Waals surface area contributed by atoms with E-state index < -0.39 is 6.10 Å². The predicted molar refractivity (Wildman–Crippen MR) is 123 cm³/mol. The van der Waals surface area contributed by atoms with Gasteiger partial charge in [0.05, 0.1) is 0 Å². The first kappa shape index (κ1) is 21.4. The summed E-state index contributed by atoms with van der Waals surface area (Å²) in [5.41, 5.74) is 9.82. The van der Waals surface area contributed by atoms with Crippen LogP contribution in [0.2, 0.25) is 0 Å². The topological polar surface area (TPSA) is 90.0 Å². The van der Waals surface area contributed by atoms with E-state index in [1.165, 1.54) is 0 Å². The van der Waals surface area contributed by atoms with E-state index in [0.717, 1.165) is 23.2 Å². The van der Waals surface area contributed by atoms with E-state index in [9.17, 15) is 4.79 Å². The number of hydrogen-bond donors (Lipinski definition) is 1. The summed E-state index contributed by atoms with van der Waals surface area (Å²) in [6.07, 6.45) is 3.56. The van der Waals surface area contributed by atoms with Crippen LogP contribution in [-0.2, 0) is 22.7 Å². The van der Waals surface area contributed by atoms with Gasteiger partial charge >= 0.3 is 0 Å². The summed E-state index contributed by atoms with van der Waals surface area (Å²) >= 11 is 0. The Bertz CT molecular complexity index is 1100. The molecule has 7 nitrogen and oxygen atoms in total. The van der Waals surface area contributed by atoms with Crippen molar-refractivity contribution in [3.63, 3.8) is 0 Å². The summed E-state index contributed by atoms with van der Waals surface area (Å²) in [4.78, 5) is 24.3. The molecule has 0 bridgehead atoms. The lowest BCUT2D eigenvalue weighted by molar-refractivity contribution is -0.129. The number of aromatic nitrogens is 1. The first-order valence-electron chi connectivity index (χ1n) is 10.6. The number of rotatable bonds is 7. The number of anilines is 1. The molecule has 0 saturated heterocycles. The van der Waals surface area contributed by atoms with Crippen molar-refractivity contribution in [1.29, 1.82) is 0 Å². The van der Waals surface area contributed by atoms with Crippen LogP contribution in [0.25, 0.3) is 0 Å². The lowest BCUT2D eigenvalue weighted by atomic mass is 10.1. The monoisotopic (exact) mass is 430 g/mol. The van der Waals surface area contributed by atoms with Crippen LogP contribution >= 0.6 is 0 Å². The van der Waals surface area contributed by atoms with Gasteiger partial charge in [-0.2, -0.15) is 0 Å². The molecule has 1 amide bonds. The Labute approximate surface area is 187 Å². The second-order valence-corrected chi connectivity index (χ2v) is 7.79. The van der Waals surface area contributed by atoms with Gasteiger partial charge in [-0.25, -0.2) is 0 Å². The highest BCUT2D eigenvalue weighted by atomic mass is 16.6. The number of oxime groups is 1. The second kappa shape index (κ2) is 9.51. The van der Waals surface area contributed by atoms with Crippen LogP contribution in [0.3, 0.4) is 0 Å². The molecule has 32 heavy (non-hydrogen) atoms. The molecule has 0 fully saturated rings. The molecule has 2 heterocycles. The maximum Gasteiger partial charge on any atom is 0.270 e. The molecule has 1 aromatic heterocycles. The average molecular weight is 431 g/mol. The van der Waals surface area contributed by atoms with Crippen LogP contribution in [0.4, 0.5) is 5.69 Å². The number of carbonyl (C=O) groups is 1. The van der Waals surface area contributed by atoms with Gasteiger partial charge in [0.15, 0.2) is 5.84 Å². The van der Waals surface area contributed by atoms with Gasteiger partial charge in [0.1, 0.15) is 12.4 Å². The van der Waals surface area contributed by atoms with Gasteiger partial charge < -0.3 is 20.2 Å². The number of nitrogens with two attached hydrogens (primary N) is 1. The SMILES string of the molecule is CC(ON=C(N)c1ccc(OCc2cccnc2)cc1)C(=O)N1c2ccccc2CC1C. The Morgan fingerprint density at radius 1 is 1.19 bits per heavy atom. The van der Waals surface area contributed by atoms with E-state index in [1.807, 2.05) is 55.5 Å². The van der Waals surface area contributed by atoms with Crippen LogP contribution < -0.4 is 15.4 Å². The zero-order chi connectivity index (χ0) is 22.5. The fourth-order valence-corrected chi connectivity index (χ4v) is 3.70. The van der Waals surface area contributed by atoms with E-state index in [4.69, 9.17) is 15.3 Å². The highest BCUT2D eigenvalue weighted by Gasteiger charge is 2.34. The number of para-hydroxylation sites is 1. The summed E-state index contributed by atoms with van der Waals surface area (Å²) in [5, 5.41) is 3.99. The molecule has 7 heteroatoms. The van der Waals surface area contributed by atoms with Crippen molar-refractivity contribution in [3.05, 3.63) is 89.7 Å². The summed E-state index contributed by atoms with van der Waals surface area (Å²) in [7, 11) is 0. The quantitative estimate of drug-likeness (QED) is 0.351. The van der Waals surface area contributed by atoms with E-state index in [1.54, 1.807) is 36.4 Å². The van der Waals surface area contributed by atoms with Crippen molar-refractivity contribution in [1.82, 2.24) is 4.98 Å². The summed E-state index contributed by atoms with van der Waals surface area (Å²) in [5.74, 6) is 0.757. The highest BCUT2D eigenvalue weighted by molar-refractivity contribution is 5.99. The van der Waals surface area contributed by atoms with Crippen molar-refractivity contribution in [3.8, 4) is 5.75 Å². The molecule has 2 N–H and O–H groups in total. The Morgan fingerprint density at radius 2 is 1.97 bits per heavy atom. The molecule has 2 unspecified atom stereocenters. The number of benzene rings is 2. The Kier molecular flexibility index (Phi) is 6.35. The van der Waals surface area contributed by atoms with Crippen molar-refractivity contribution in [2.45, 2.75) is 39.0 Å². The zero-order valence-electron chi connectivity index (χ0n) is 18.1. The van der Waals surface area contributed by atoms with Crippen molar-refractivity contribution < 1.29 is 14.4 Å². The predicted octanol–water partition coefficient (Wildman–Crippen LogP) is 3.66. The smallest absolute Gasteiger partial charge is 0.270 e. The number of ether oxygens (including phenoxy) is 1. The Morgan fingerprint density at radius 3 is 2.72 bits per heavy atom. The highest BCUT2D eigenvalue weighted by Crippen LogP contribution is 2.32. The average Bonchev–Trinajstić information content (AvgIpc) is 3.17. The second-order valence-electron chi connectivity index (χ2n) is 7.79. The minimum absolute atomic E-state index is 0.0755. The number of amidine groups is 1. The van der Waals surface area contributed by atoms with E-state index in [-0.39, 0.29) is 17.8 Å². The Balaban J connectivity index is 1.35. The lowest BCUT2D eigenvalue weighted by Gasteiger charge is -2.25. The van der Waals surface area contributed by atoms with Gasteiger partial charge in [-0.1, -0.05) is 29.4 Å². The molecular weight excluding hydrogens is 404 g/mol. The van der Waals surface area contributed by atoms with Gasteiger partial charge in [-0.15, -0.1) is 0 Å². The first-order valence-corrected chi connectivity index (χ1v) is 10.6. The van der Waals surface area contributed by atoms with Crippen molar-refractivity contribution in [2.75, 3.05) is 4.90 Å². The zero-order valence-corrected chi connectivity index (χ0v) is 18.1. The number of carbonyl (C=O) groups excluding carboxylic acids is 1. The van der Waals surface area contributed by atoms with E-state index in [2.05, 4.69) is 10.1 Å². The fraction of sp³-hybridized carbons (Fsp3) is 0.240. The van der Waals surface area contributed by atoms with E-state index >= 15 is 0 Å². The number of pyridine rings is 1. The molecule has 1 aliphatic rings. The minimum Gasteiger partial charge on any atom is -0.489 e. The third kappa shape index (κ3) is 4.72.